The maximum atomic E-state index is 11.1. The van der Waals surface area contributed by atoms with Crippen molar-refractivity contribution >= 4 is 5.78 Å². The van der Waals surface area contributed by atoms with E-state index >= 15 is 0 Å². The molecule has 2 heteroatoms. The SMILES string of the molecule is C=C(C)CCN(C)C1CCC(=O)CC1. The topological polar surface area (TPSA) is 20.3 Å². The zero-order valence-corrected chi connectivity index (χ0v) is 9.38. The molecular formula is C12H21NO. The Kier molecular flexibility index (Phi) is 4.33. The highest BCUT2D eigenvalue weighted by Crippen LogP contribution is 2.19. The first-order valence-corrected chi connectivity index (χ1v) is 5.46. The second kappa shape index (κ2) is 5.30. The van der Waals surface area contributed by atoms with Crippen molar-refractivity contribution in [3.8, 4) is 0 Å². The van der Waals surface area contributed by atoms with Crippen LogP contribution in [0.15, 0.2) is 12.2 Å². The van der Waals surface area contributed by atoms with Crippen molar-refractivity contribution in [1.82, 2.24) is 4.90 Å². The minimum absolute atomic E-state index is 0.439. The molecule has 0 aromatic rings. The van der Waals surface area contributed by atoms with Crippen molar-refractivity contribution in [2.24, 2.45) is 0 Å². The molecule has 0 spiro atoms. The third-order valence-electron chi connectivity index (χ3n) is 3.03. The minimum Gasteiger partial charge on any atom is -0.303 e. The molecule has 80 valence electrons. The zero-order chi connectivity index (χ0) is 10.6. The van der Waals surface area contributed by atoms with E-state index < -0.39 is 0 Å². The van der Waals surface area contributed by atoms with E-state index in [4.69, 9.17) is 0 Å². The minimum atomic E-state index is 0.439. The molecule has 0 N–H and O–H groups in total. The standard InChI is InChI=1S/C12H21NO/c1-10(2)8-9-13(3)11-4-6-12(14)7-5-11/h11H,1,4-9H2,2-3H3. The van der Waals surface area contributed by atoms with Crippen LogP contribution in [0.25, 0.3) is 0 Å². The summed E-state index contributed by atoms with van der Waals surface area (Å²) >= 11 is 0. The summed E-state index contributed by atoms with van der Waals surface area (Å²) in [4.78, 5) is 13.4. The maximum Gasteiger partial charge on any atom is 0.133 e. The number of rotatable bonds is 4. The fourth-order valence-electron chi connectivity index (χ4n) is 1.92. The lowest BCUT2D eigenvalue weighted by Crippen LogP contribution is -2.35. The summed E-state index contributed by atoms with van der Waals surface area (Å²) in [5, 5.41) is 0. The molecule has 2 nitrogen and oxygen atoms in total. The highest BCUT2D eigenvalue weighted by molar-refractivity contribution is 5.79. The third-order valence-corrected chi connectivity index (χ3v) is 3.03. The van der Waals surface area contributed by atoms with Crippen LogP contribution >= 0.6 is 0 Å². The van der Waals surface area contributed by atoms with E-state index in [9.17, 15) is 4.79 Å². The van der Waals surface area contributed by atoms with Crippen molar-refractivity contribution in [1.29, 1.82) is 0 Å². The van der Waals surface area contributed by atoms with Gasteiger partial charge in [-0.05, 0) is 33.2 Å². The van der Waals surface area contributed by atoms with E-state index in [-0.39, 0.29) is 0 Å². The molecule has 0 aromatic carbocycles. The summed E-state index contributed by atoms with van der Waals surface area (Å²) in [7, 11) is 2.16. The molecule has 0 atom stereocenters. The zero-order valence-electron chi connectivity index (χ0n) is 9.38. The fraction of sp³-hybridized carbons (Fsp3) is 0.750. The number of nitrogens with zero attached hydrogens (tertiary/aromatic N) is 1. The smallest absolute Gasteiger partial charge is 0.133 e. The van der Waals surface area contributed by atoms with Crippen molar-refractivity contribution in [3.05, 3.63) is 12.2 Å². The van der Waals surface area contributed by atoms with E-state index in [1.807, 2.05) is 0 Å². The Balaban J connectivity index is 2.26. The van der Waals surface area contributed by atoms with Gasteiger partial charge in [-0.25, -0.2) is 0 Å². The lowest BCUT2D eigenvalue weighted by Gasteiger charge is -2.30. The Morgan fingerprint density at radius 3 is 2.57 bits per heavy atom. The molecule has 0 aromatic heterocycles. The van der Waals surface area contributed by atoms with Crippen LogP contribution in [0.4, 0.5) is 0 Å². The third kappa shape index (κ3) is 3.62. The Morgan fingerprint density at radius 1 is 1.50 bits per heavy atom. The van der Waals surface area contributed by atoms with Crippen LogP contribution in [-0.2, 0) is 4.79 Å². The second-order valence-corrected chi connectivity index (χ2v) is 4.46. The van der Waals surface area contributed by atoms with Crippen molar-refractivity contribution in [2.45, 2.75) is 45.1 Å². The van der Waals surface area contributed by atoms with Gasteiger partial charge in [0.2, 0.25) is 0 Å². The van der Waals surface area contributed by atoms with Crippen LogP contribution in [0, 0.1) is 0 Å². The molecule has 0 bridgehead atoms. The summed E-state index contributed by atoms with van der Waals surface area (Å²) in [5.41, 5.74) is 1.24. The van der Waals surface area contributed by atoms with Gasteiger partial charge in [-0.15, -0.1) is 6.58 Å². The maximum absolute atomic E-state index is 11.1. The van der Waals surface area contributed by atoms with E-state index in [1.54, 1.807) is 0 Å². The van der Waals surface area contributed by atoms with Gasteiger partial charge in [0.1, 0.15) is 5.78 Å². The molecule has 14 heavy (non-hydrogen) atoms. The summed E-state index contributed by atoms with van der Waals surface area (Å²) in [6.45, 7) is 7.05. The predicted molar refractivity (Wildman–Crippen MR) is 59.3 cm³/mol. The number of hydrogen-bond donors (Lipinski definition) is 0. The van der Waals surface area contributed by atoms with Crippen LogP contribution in [0.3, 0.4) is 0 Å². The van der Waals surface area contributed by atoms with Crippen LogP contribution in [0.2, 0.25) is 0 Å². The highest BCUT2D eigenvalue weighted by Gasteiger charge is 2.21. The Labute approximate surface area is 87.0 Å². The average molecular weight is 195 g/mol. The van der Waals surface area contributed by atoms with Gasteiger partial charge in [-0.2, -0.15) is 0 Å². The van der Waals surface area contributed by atoms with E-state index in [0.29, 0.717) is 11.8 Å². The molecule has 1 rings (SSSR count). The van der Waals surface area contributed by atoms with Gasteiger partial charge >= 0.3 is 0 Å². The second-order valence-electron chi connectivity index (χ2n) is 4.46. The van der Waals surface area contributed by atoms with Gasteiger partial charge in [-0.3, -0.25) is 4.79 Å². The Hall–Kier alpha value is -0.630. The van der Waals surface area contributed by atoms with Crippen LogP contribution < -0.4 is 0 Å². The first-order valence-electron chi connectivity index (χ1n) is 5.46. The lowest BCUT2D eigenvalue weighted by atomic mass is 9.93. The summed E-state index contributed by atoms with van der Waals surface area (Å²) in [6.07, 6.45) is 4.72. The lowest BCUT2D eigenvalue weighted by molar-refractivity contribution is -0.121. The molecule has 0 heterocycles. The van der Waals surface area contributed by atoms with Gasteiger partial charge in [-0.1, -0.05) is 5.57 Å². The molecule has 1 fully saturated rings. The number of hydrogen-bond acceptors (Lipinski definition) is 2. The van der Waals surface area contributed by atoms with Gasteiger partial charge in [0.25, 0.3) is 0 Å². The van der Waals surface area contributed by atoms with Crippen LogP contribution in [-0.4, -0.2) is 30.3 Å². The molecule has 0 aliphatic heterocycles. The molecule has 0 amide bonds. The van der Waals surface area contributed by atoms with E-state index in [0.717, 1.165) is 38.6 Å². The predicted octanol–water partition coefficient (Wildman–Crippen LogP) is 2.40. The summed E-state index contributed by atoms with van der Waals surface area (Å²) in [6, 6.07) is 0.618. The van der Waals surface area contributed by atoms with E-state index in [2.05, 4.69) is 25.5 Å². The van der Waals surface area contributed by atoms with Crippen molar-refractivity contribution in [2.75, 3.05) is 13.6 Å². The van der Waals surface area contributed by atoms with Crippen LogP contribution in [0.5, 0.6) is 0 Å². The highest BCUT2D eigenvalue weighted by atomic mass is 16.1. The largest absolute Gasteiger partial charge is 0.303 e. The molecule has 0 radical (unpaired) electrons. The summed E-state index contributed by atoms with van der Waals surface area (Å²) < 4.78 is 0. The number of carbonyl (C=O) groups is 1. The molecule has 1 aliphatic carbocycles. The number of ketones is 1. The average Bonchev–Trinajstić information content (AvgIpc) is 2.15. The quantitative estimate of drug-likeness (QED) is 0.642. The fourth-order valence-corrected chi connectivity index (χ4v) is 1.92. The first-order chi connectivity index (χ1) is 6.59. The molecule has 1 aliphatic rings. The number of carbonyl (C=O) groups excluding carboxylic acids is 1. The van der Waals surface area contributed by atoms with Gasteiger partial charge in [0.05, 0.1) is 0 Å². The molecule has 0 unspecified atom stereocenters. The first kappa shape index (κ1) is 11.4. The number of Topliss-reactive ketones (excluding diaryl/α,β-unsaturated/α-hetero) is 1. The molecule has 0 saturated heterocycles. The molecular weight excluding hydrogens is 174 g/mol. The van der Waals surface area contributed by atoms with Gasteiger partial charge in [0.15, 0.2) is 0 Å². The monoisotopic (exact) mass is 195 g/mol. The van der Waals surface area contributed by atoms with E-state index in [1.165, 1.54) is 5.57 Å². The van der Waals surface area contributed by atoms with Gasteiger partial charge < -0.3 is 4.90 Å². The van der Waals surface area contributed by atoms with Crippen molar-refractivity contribution < 1.29 is 4.79 Å². The summed E-state index contributed by atoms with van der Waals surface area (Å²) in [5.74, 6) is 0.439. The molecule has 1 saturated carbocycles. The Bertz CT molecular complexity index is 212. The van der Waals surface area contributed by atoms with Gasteiger partial charge in [0, 0.05) is 25.4 Å². The Morgan fingerprint density at radius 2 is 2.07 bits per heavy atom. The van der Waals surface area contributed by atoms with Crippen LogP contribution in [0.1, 0.15) is 39.0 Å². The van der Waals surface area contributed by atoms with Crippen molar-refractivity contribution in [3.63, 3.8) is 0 Å². The normalized spacial score (nSPS) is 18.9.